The lowest BCUT2D eigenvalue weighted by Crippen LogP contribution is -2.19. The van der Waals surface area contributed by atoms with Gasteiger partial charge in [0.25, 0.3) is 11.8 Å². The highest BCUT2D eigenvalue weighted by atomic mass is 16.4. The standard InChI is InChI=1S/C13H15N7O2/c1-8(2)20-9(4-7-15-20)11(21)16-13-18-17-12(22-13)10-5-6-14-19(10)3/h4-8H,1-3H3,(H,16,18,21). The van der Waals surface area contributed by atoms with E-state index in [-0.39, 0.29) is 23.9 Å². The summed E-state index contributed by atoms with van der Waals surface area (Å²) in [7, 11) is 1.76. The second-order valence-corrected chi connectivity index (χ2v) is 4.96. The van der Waals surface area contributed by atoms with Crippen molar-refractivity contribution in [2.45, 2.75) is 19.9 Å². The summed E-state index contributed by atoms with van der Waals surface area (Å²) in [6, 6.07) is 3.47. The molecule has 22 heavy (non-hydrogen) atoms. The molecule has 0 fully saturated rings. The molecule has 3 heterocycles. The molecule has 3 rings (SSSR count). The van der Waals surface area contributed by atoms with E-state index in [1.807, 2.05) is 13.8 Å². The zero-order chi connectivity index (χ0) is 15.7. The van der Waals surface area contributed by atoms with Gasteiger partial charge in [0, 0.05) is 25.5 Å². The van der Waals surface area contributed by atoms with Crippen molar-refractivity contribution in [3.05, 3.63) is 30.2 Å². The number of rotatable bonds is 4. The Morgan fingerprint density at radius 1 is 1.23 bits per heavy atom. The van der Waals surface area contributed by atoms with Gasteiger partial charge in [0.05, 0.1) is 0 Å². The van der Waals surface area contributed by atoms with Crippen LogP contribution in [0.1, 0.15) is 30.4 Å². The number of hydrogen-bond acceptors (Lipinski definition) is 6. The van der Waals surface area contributed by atoms with Crippen LogP contribution in [0.25, 0.3) is 11.6 Å². The van der Waals surface area contributed by atoms with Gasteiger partial charge >= 0.3 is 6.01 Å². The molecule has 0 spiro atoms. The number of carbonyl (C=O) groups excluding carboxylic acids is 1. The van der Waals surface area contributed by atoms with E-state index in [2.05, 4.69) is 25.7 Å². The van der Waals surface area contributed by atoms with Crippen molar-refractivity contribution in [1.29, 1.82) is 0 Å². The van der Waals surface area contributed by atoms with E-state index in [0.717, 1.165) is 0 Å². The van der Waals surface area contributed by atoms with Crippen LogP contribution in [0.5, 0.6) is 0 Å². The first kappa shape index (κ1) is 14.0. The summed E-state index contributed by atoms with van der Waals surface area (Å²) < 4.78 is 8.66. The fraction of sp³-hybridized carbons (Fsp3) is 0.308. The second-order valence-electron chi connectivity index (χ2n) is 4.96. The van der Waals surface area contributed by atoms with Crippen molar-refractivity contribution < 1.29 is 9.21 Å². The second kappa shape index (κ2) is 5.43. The molecule has 0 aliphatic heterocycles. The number of aromatic nitrogens is 6. The van der Waals surface area contributed by atoms with Crippen LogP contribution in [0.15, 0.2) is 28.9 Å². The highest BCUT2D eigenvalue weighted by Crippen LogP contribution is 2.19. The fourth-order valence-corrected chi connectivity index (χ4v) is 2.03. The molecule has 9 nitrogen and oxygen atoms in total. The van der Waals surface area contributed by atoms with Crippen molar-refractivity contribution in [3.8, 4) is 11.6 Å². The van der Waals surface area contributed by atoms with Crippen LogP contribution in [0.3, 0.4) is 0 Å². The zero-order valence-electron chi connectivity index (χ0n) is 12.4. The molecule has 0 bridgehead atoms. The third-order valence-corrected chi connectivity index (χ3v) is 3.08. The Hall–Kier alpha value is -2.97. The minimum absolute atomic E-state index is 0.0257. The molecule has 0 unspecified atom stereocenters. The summed E-state index contributed by atoms with van der Waals surface area (Å²) in [4.78, 5) is 12.2. The van der Waals surface area contributed by atoms with E-state index in [4.69, 9.17) is 4.42 Å². The molecule has 1 amide bonds. The maximum atomic E-state index is 12.2. The van der Waals surface area contributed by atoms with E-state index < -0.39 is 0 Å². The maximum Gasteiger partial charge on any atom is 0.322 e. The van der Waals surface area contributed by atoms with E-state index >= 15 is 0 Å². The number of anilines is 1. The van der Waals surface area contributed by atoms with Crippen molar-refractivity contribution >= 4 is 11.9 Å². The lowest BCUT2D eigenvalue weighted by molar-refractivity contribution is 0.101. The molecule has 3 aromatic rings. The Labute approximate surface area is 125 Å². The number of nitrogens with zero attached hydrogens (tertiary/aromatic N) is 6. The van der Waals surface area contributed by atoms with E-state index in [1.165, 1.54) is 0 Å². The molecule has 0 atom stereocenters. The van der Waals surface area contributed by atoms with Gasteiger partial charge in [-0.3, -0.25) is 19.5 Å². The Morgan fingerprint density at radius 2 is 2.00 bits per heavy atom. The molecule has 0 aliphatic rings. The van der Waals surface area contributed by atoms with Gasteiger partial charge in [0.2, 0.25) is 0 Å². The molecule has 1 N–H and O–H groups in total. The molecule has 9 heteroatoms. The Balaban J connectivity index is 1.79. The number of nitrogens with one attached hydrogen (secondary N) is 1. The molecule has 114 valence electrons. The first-order valence-electron chi connectivity index (χ1n) is 6.73. The van der Waals surface area contributed by atoms with Crippen LogP contribution in [0, 0.1) is 0 Å². The summed E-state index contributed by atoms with van der Waals surface area (Å²) in [5.41, 5.74) is 1.09. The van der Waals surface area contributed by atoms with Crippen LogP contribution >= 0.6 is 0 Å². The van der Waals surface area contributed by atoms with Crippen LogP contribution in [0.2, 0.25) is 0 Å². The third-order valence-electron chi connectivity index (χ3n) is 3.08. The topological polar surface area (TPSA) is 104 Å². The monoisotopic (exact) mass is 301 g/mol. The Kier molecular flexibility index (Phi) is 3.45. The van der Waals surface area contributed by atoms with Crippen molar-refractivity contribution in [2.75, 3.05) is 5.32 Å². The summed E-state index contributed by atoms with van der Waals surface area (Å²) >= 11 is 0. The Morgan fingerprint density at radius 3 is 2.68 bits per heavy atom. The van der Waals surface area contributed by atoms with Gasteiger partial charge in [-0.1, -0.05) is 5.10 Å². The minimum atomic E-state index is -0.355. The Bertz CT molecular complexity index is 799. The first-order chi connectivity index (χ1) is 10.6. The lowest BCUT2D eigenvalue weighted by atomic mass is 10.3. The van der Waals surface area contributed by atoms with Crippen molar-refractivity contribution in [1.82, 2.24) is 29.8 Å². The average Bonchev–Trinajstić information content (AvgIpc) is 3.17. The van der Waals surface area contributed by atoms with Gasteiger partial charge in [0.15, 0.2) is 0 Å². The minimum Gasteiger partial charge on any atom is -0.401 e. The summed E-state index contributed by atoms with van der Waals surface area (Å²) in [6.45, 7) is 3.88. The van der Waals surface area contributed by atoms with E-state index in [9.17, 15) is 4.79 Å². The van der Waals surface area contributed by atoms with E-state index in [0.29, 0.717) is 11.4 Å². The predicted molar refractivity (Wildman–Crippen MR) is 77.1 cm³/mol. The molecule has 0 radical (unpaired) electrons. The molecular formula is C13H15N7O2. The van der Waals surface area contributed by atoms with Gasteiger partial charge in [0.1, 0.15) is 11.4 Å². The van der Waals surface area contributed by atoms with E-state index in [1.54, 1.807) is 40.9 Å². The SMILES string of the molecule is CC(C)n1nccc1C(=O)Nc1nnc(-c2ccnn2C)o1. The third kappa shape index (κ3) is 2.48. The van der Waals surface area contributed by atoms with Gasteiger partial charge < -0.3 is 4.42 Å². The number of hydrogen-bond donors (Lipinski definition) is 1. The molecular weight excluding hydrogens is 286 g/mol. The van der Waals surface area contributed by atoms with Crippen LogP contribution in [-0.2, 0) is 7.05 Å². The molecule has 0 saturated heterocycles. The summed E-state index contributed by atoms with van der Waals surface area (Å²) in [6.07, 6.45) is 3.20. The average molecular weight is 301 g/mol. The highest BCUT2D eigenvalue weighted by molar-refractivity contribution is 6.01. The quantitative estimate of drug-likeness (QED) is 0.783. The van der Waals surface area contributed by atoms with Crippen LogP contribution < -0.4 is 5.32 Å². The maximum absolute atomic E-state index is 12.2. The molecule has 0 aliphatic carbocycles. The van der Waals surface area contributed by atoms with Crippen LogP contribution in [-0.4, -0.2) is 35.7 Å². The number of amides is 1. The largest absolute Gasteiger partial charge is 0.401 e. The van der Waals surface area contributed by atoms with Crippen molar-refractivity contribution in [3.63, 3.8) is 0 Å². The van der Waals surface area contributed by atoms with Crippen LogP contribution in [0.4, 0.5) is 6.01 Å². The predicted octanol–water partition coefficient (Wildman–Crippen LogP) is 1.50. The number of aryl methyl sites for hydroxylation is 1. The number of carbonyl (C=O) groups is 1. The smallest absolute Gasteiger partial charge is 0.322 e. The normalized spacial score (nSPS) is 11.1. The van der Waals surface area contributed by atoms with Crippen molar-refractivity contribution in [2.24, 2.45) is 7.05 Å². The first-order valence-corrected chi connectivity index (χ1v) is 6.73. The van der Waals surface area contributed by atoms with Gasteiger partial charge in [-0.05, 0) is 26.0 Å². The van der Waals surface area contributed by atoms with Gasteiger partial charge in [-0.2, -0.15) is 10.2 Å². The lowest BCUT2D eigenvalue weighted by Gasteiger charge is -2.09. The molecule has 0 saturated carbocycles. The molecule has 3 aromatic heterocycles. The summed E-state index contributed by atoms with van der Waals surface area (Å²) in [5.74, 6) is -0.0703. The highest BCUT2D eigenvalue weighted by Gasteiger charge is 2.18. The zero-order valence-corrected chi connectivity index (χ0v) is 12.4. The fourth-order valence-electron chi connectivity index (χ4n) is 2.03. The van der Waals surface area contributed by atoms with Gasteiger partial charge in [-0.25, -0.2) is 0 Å². The molecule has 0 aromatic carbocycles. The van der Waals surface area contributed by atoms with Gasteiger partial charge in [-0.15, -0.1) is 5.10 Å². The summed E-state index contributed by atoms with van der Waals surface area (Å²) in [5, 5.41) is 18.4.